The van der Waals surface area contributed by atoms with E-state index in [1.807, 2.05) is 30.9 Å². The van der Waals surface area contributed by atoms with E-state index in [9.17, 15) is 0 Å². The van der Waals surface area contributed by atoms with Gasteiger partial charge in [0.15, 0.2) is 0 Å². The molecule has 0 fully saturated rings. The van der Waals surface area contributed by atoms with Crippen LogP contribution in [-0.4, -0.2) is 21.8 Å². The number of nitrogens with one attached hydrogen (secondary N) is 1. The van der Waals surface area contributed by atoms with E-state index in [0.29, 0.717) is 0 Å². The number of rotatable bonds is 4. The normalized spacial score (nSPS) is 10.9. The molecule has 0 saturated heterocycles. The van der Waals surface area contributed by atoms with Gasteiger partial charge in [-0.1, -0.05) is 6.07 Å². The van der Waals surface area contributed by atoms with E-state index >= 15 is 0 Å². The summed E-state index contributed by atoms with van der Waals surface area (Å²) in [6.45, 7) is 7.84. The molecule has 0 spiro atoms. The molecule has 0 aliphatic rings. The molecule has 0 aromatic carbocycles. The van der Waals surface area contributed by atoms with Crippen LogP contribution in [0.2, 0.25) is 0 Å². The van der Waals surface area contributed by atoms with Crippen molar-refractivity contribution in [1.82, 2.24) is 20.1 Å². The molecule has 0 unspecified atom stereocenters. The van der Waals surface area contributed by atoms with E-state index < -0.39 is 0 Å². The van der Waals surface area contributed by atoms with Gasteiger partial charge in [0.2, 0.25) is 0 Å². The van der Waals surface area contributed by atoms with Gasteiger partial charge in [-0.05, 0) is 45.0 Å². The first-order valence-corrected chi connectivity index (χ1v) is 6.21. The zero-order chi connectivity index (χ0) is 13.1. The number of aromatic nitrogens is 3. The number of pyridine rings is 1. The molecule has 2 heterocycles. The van der Waals surface area contributed by atoms with Crippen LogP contribution in [0.25, 0.3) is 0 Å². The van der Waals surface area contributed by atoms with Crippen LogP contribution in [0.3, 0.4) is 0 Å². The fourth-order valence-electron chi connectivity index (χ4n) is 2.05. The van der Waals surface area contributed by atoms with E-state index in [0.717, 1.165) is 24.5 Å². The molecule has 2 aromatic heterocycles. The molecule has 0 aliphatic heterocycles. The Balaban J connectivity index is 2.31. The number of hydrogen-bond donors (Lipinski definition) is 1. The van der Waals surface area contributed by atoms with Gasteiger partial charge in [-0.15, -0.1) is 0 Å². The Morgan fingerprint density at radius 1 is 1.28 bits per heavy atom. The van der Waals surface area contributed by atoms with Crippen LogP contribution in [0.1, 0.15) is 28.2 Å². The molecular weight excluding hydrogens is 224 g/mol. The highest BCUT2D eigenvalue weighted by molar-refractivity contribution is 5.25. The third-order valence-electron chi connectivity index (χ3n) is 3.39. The molecule has 0 atom stereocenters. The number of aryl methyl sites for hydroxylation is 1. The third-order valence-corrected chi connectivity index (χ3v) is 3.39. The van der Waals surface area contributed by atoms with Gasteiger partial charge in [-0.3, -0.25) is 9.67 Å². The molecule has 2 aromatic rings. The minimum Gasteiger partial charge on any atom is -0.316 e. The molecule has 0 aliphatic carbocycles. The first kappa shape index (κ1) is 12.8. The fraction of sp³-hybridized carbons (Fsp3) is 0.429. The summed E-state index contributed by atoms with van der Waals surface area (Å²) in [6, 6.07) is 4.08. The molecule has 96 valence electrons. The highest BCUT2D eigenvalue weighted by atomic mass is 15.3. The van der Waals surface area contributed by atoms with Gasteiger partial charge < -0.3 is 5.32 Å². The van der Waals surface area contributed by atoms with Gasteiger partial charge in [-0.25, -0.2) is 0 Å². The molecule has 18 heavy (non-hydrogen) atoms. The van der Waals surface area contributed by atoms with Gasteiger partial charge in [0.05, 0.1) is 17.9 Å². The average Bonchev–Trinajstić information content (AvgIpc) is 2.60. The topological polar surface area (TPSA) is 42.7 Å². The Morgan fingerprint density at radius 2 is 2.06 bits per heavy atom. The van der Waals surface area contributed by atoms with Crippen LogP contribution in [0.5, 0.6) is 0 Å². The molecule has 4 heteroatoms. The predicted octanol–water partition coefficient (Wildman–Crippen LogP) is 1.97. The van der Waals surface area contributed by atoms with E-state index in [1.165, 1.54) is 16.8 Å². The SMILES string of the molecule is CNCc1cccnc1Cn1nc(C)c(C)c1C. The van der Waals surface area contributed by atoms with Crippen molar-refractivity contribution in [2.75, 3.05) is 7.05 Å². The monoisotopic (exact) mass is 244 g/mol. The van der Waals surface area contributed by atoms with Crippen molar-refractivity contribution in [3.63, 3.8) is 0 Å². The van der Waals surface area contributed by atoms with Crippen LogP contribution in [0.15, 0.2) is 18.3 Å². The molecule has 4 nitrogen and oxygen atoms in total. The summed E-state index contributed by atoms with van der Waals surface area (Å²) in [6.07, 6.45) is 1.84. The third kappa shape index (κ3) is 2.43. The largest absolute Gasteiger partial charge is 0.316 e. The van der Waals surface area contributed by atoms with Gasteiger partial charge in [0.25, 0.3) is 0 Å². The minimum atomic E-state index is 0.734. The lowest BCUT2D eigenvalue weighted by molar-refractivity contribution is 0.636. The average molecular weight is 244 g/mol. The van der Waals surface area contributed by atoms with Crippen LogP contribution in [0.4, 0.5) is 0 Å². The maximum absolute atomic E-state index is 4.56. The Hall–Kier alpha value is -1.68. The Labute approximate surface area is 108 Å². The summed E-state index contributed by atoms with van der Waals surface area (Å²) < 4.78 is 2.03. The summed E-state index contributed by atoms with van der Waals surface area (Å²) in [5.74, 6) is 0. The van der Waals surface area contributed by atoms with E-state index in [2.05, 4.69) is 35.3 Å². The number of nitrogens with zero attached hydrogens (tertiary/aromatic N) is 3. The van der Waals surface area contributed by atoms with E-state index in [4.69, 9.17) is 0 Å². The quantitative estimate of drug-likeness (QED) is 0.894. The summed E-state index contributed by atoms with van der Waals surface area (Å²) in [5.41, 5.74) is 5.89. The van der Waals surface area contributed by atoms with Crippen molar-refractivity contribution in [3.05, 3.63) is 46.5 Å². The second-order valence-electron chi connectivity index (χ2n) is 4.59. The van der Waals surface area contributed by atoms with Gasteiger partial charge in [0.1, 0.15) is 0 Å². The van der Waals surface area contributed by atoms with Crippen LogP contribution >= 0.6 is 0 Å². The maximum atomic E-state index is 4.56. The highest BCUT2D eigenvalue weighted by Gasteiger charge is 2.10. The van der Waals surface area contributed by atoms with Crippen LogP contribution in [-0.2, 0) is 13.1 Å². The lowest BCUT2D eigenvalue weighted by Gasteiger charge is -2.09. The molecule has 1 N–H and O–H groups in total. The molecule has 0 saturated carbocycles. The van der Waals surface area contributed by atoms with Crippen molar-refractivity contribution >= 4 is 0 Å². The summed E-state index contributed by atoms with van der Waals surface area (Å²) in [5, 5.41) is 7.73. The molecule has 2 rings (SSSR count). The summed E-state index contributed by atoms with van der Waals surface area (Å²) in [4.78, 5) is 4.47. The van der Waals surface area contributed by atoms with Crippen molar-refractivity contribution in [2.24, 2.45) is 0 Å². The lowest BCUT2D eigenvalue weighted by Crippen LogP contribution is -2.12. The first-order valence-electron chi connectivity index (χ1n) is 6.21. The molecule has 0 radical (unpaired) electrons. The van der Waals surface area contributed by atoms with E-state index in [1.54, 1.807) is 0 Å². The zero-order valence-electron chi connectivity index (χ0n) is 11.5. The standard InChI is InChI=1S/C14H20N4/c1-10-11(2)17-18(12(10)3)9-14-13(8-15-4)6-5-7-16-14/h5-7,15H,8-9H2,1-4H3. The lowest BCUT2D eigenvalue weighted by atomic mass is 10.2. The van der Waals surface area contributed by atoms with E-state index in [-0.39, 0.29) is 0 Å². The second kappa shape index (κ2) is 5.31. The smallest absolute Gasteiger partial charge is 0.0837 e. The Bertz CT molecular complexity index is 543. The highest BCUT2D eigenvalue weighted by Crippen LogP contribution is 2.14. The summed E-state index contributed by atoms with van der Waals surface area (Å²) >= 11 is 0. The minimum absolute atomic E-state index is 0.734. The van der Waals surface area contributed by atoms with Gasteiger partial charge in [0, 0.05) is 18.4 Å². The van der Waals surface area contributed by atoms with Gasteiger partial charge in [-0.2, -0.15) is 5.10 Å². The van der Waals surface area contributed by atoms with Gasteiger partial charge >= 0.3 is 0 Å². The molecule has 0 bridgehead atoms. The van der Waals surface area contributed by atoms with Crippen molar-refractivity contribution in [3.8, 4) is 0 Å². The molecular formula is C14H20N4. The first-order chi connectivity index (χ1) is 8.63. The second-order valence-corrected chi connectivity index (χ2v) is 4.59. The maximum Gasteiger partial charge on any atom is 0.0837 e. The van der Waals surface area contributed by atoms with Crippen molar-refractivity contribution in [2.45, 2.75) is 33.9 Å². The zero-order valence-corrected chi connectivity index (χ0v) is 11.5. The summed E-state index contributed by atoms with van der Waals surface area (Å²) in [7, 11) is 1.95. The van der Waals surface area contributed by atoms with Crippen LogP contribution in [0, 0.1) is 20.8 Å². The van der Waals surface area contributed by atoms with Crippen molar-refractivity contribution in [1.29, 1.82) is 0 Å². The molecule has 0 amide bonds. The predicted molar refractivity (Wildman–Crippen MR) is 72.5 cm³/mol. The Morgan fingerprint density at radius 3 is 2.67 bits per heavy atom. The van der Waals surface area contributed by atoms with Crippen LogP contribution < -0.4 is 5.32 Å². The fourth-order valence-corrected chi connectivity index (χ4v) is 2.05. The number of hydrogen-bond acceptors (Lipinski definition) is 3. The Kier molecular flexibility index (Phi) is 3.77. The van der Waals surface area contributed by atoms with Crippen molar-refractivity contribution < 1.29 is 0 Å².